The number of carbonyl (C=O) groups is 1. The van der Waals surface area contributed by atoms with Crippen LogP contribution < -0.4 is 11.1 Å². The van der Waals surface area contributed by atoms with Crippen molar-refractivity contribution in [2.75, 3.05) is 11.1 Å². The number of nitrogens with one attached hydrogen (secondary N) is 1. The zero-order chi connectivity index (χ0) is 19.8. The van der Waals surface area contributed by atoms with Crippen molar-refractivity contribution in [1.82, 2.24) is 9.97 Å². The quantitative estimate of drug-likeness (QED) is 0.604. The van der Waals surface area contributed by atoms with Gasteiger partial charge in [0.1, 0.15) is 5.82 Å². The second-order valence-electron chi connectivity index (χ2n) is 7.02. The molecule has 1 aromatic carbocycles. The molecule has 0 radical (unpaired) electrons. The van der Waals surface area contributed by atoms with Crippen LogP contribution >= 0.6 is 0 Å². The highest BCUT2D eigenvalue weighted by molar-refractivity contribution is 6.01. The molecule has 3 aromatic rings. The van der Waals surface area contributed by atoms with Crippen LogP contribution in [0.5, 0.6) is 0 Å². The first-order valence-electron chi connectivity index (χ1n) is 8.97. The van der Waals surface area contributed by atoms with Gasteiger partial charge in [-0.15, -0.1) is 0 Å². The van der Waals surface area contributed by atoms with Crippen LogP contribution in [0.1, 0.15) is 17.5 Å². The van der Waals surface area contributed by atoms with Gasteiger partial charge < -0.3 is 16.2 Å². The van der Waals surface area contributed by atoms with E-state index < -0.39 is 0 Å². The van der Waals surface area contributed by atoms with Gasteiger partial charge in [0.2, 0.25) is 5.91 Å². The first kappa shape index (κ1) is 17.9. The second-order valence-corrected chi connectivity index (χ2v) is 7.02. The first-order chi connectivity index (χ1) is 13.5. The molecule has 1 amide bonds. The Hall–Kier alpha value is -3.50. The Morgan fingerprint density at radius 1 is 1.39 bits per heavy atom. The topological polar surface area (TPSA) is 125 Å². The fraction of sp³-hybridized carbons (Fsp3) is 0.238. The van der Waals surface area contributed by atoms with Crippen LogP contribution in [0.4, 0.5) is 11.5 Å². The van der Waals surface area contributed by atoms with Crippen molar-refractivity contribution in [2.24, 2.45) is 11.8 Å². The molecule has 4 rings (SSSR count). The Morgan fingerprint density at radius 3 is 2.89 bits per heavy atom. The summed E-state index contributed by atoms with van der Waals surface area (Å²) in [4.78, 5) is 20.7. The summed E-state index contributed by atoms with van der Waals surface area (Å²) in [6.45, 7) is 1.76. The lowest BCUT2D eigenvalue weighted by Crippen LogP contribution is -2.15. The van der Waals surface area contributed by atoms with Gasteiger partial charge in [-0.25, -0.2) is 4.98 Å². The Bertz CT molecular complexity index is 1140. The van der Waals surface area contributed by atoms with E-state index in [1.54, 1.807) is 24.7 Å². The van der Waals surface area contributed by atoms with Crippen molar-refractivity contribution < 1.29 is 9.90 Å². The highest BCUT2D eigenvalue weighted by atomic mass is 16.3. The number of carbonyl (C=O) groups excluding carboxylic acids is 1. The number of fused-ring (bicyclic) bond motifs is 1. The molecular formula is C21H19N5O2. The minimum atomic E-state index is -0.266. The van der Waals surface area contributed by atoms with Crippen LogP contribution in [0, 0.1) is 30.1 Å². The molecular weight excluding hydrogens is 354 g/mol. The molecule has 7 heteroatoms. The van der Waals surface area contributed by atoms with E-state index in [9.17, 15) is 9.90 Å². The molecule has 2 heterocycles. The first-order valence-corrected chi connectivity index (χ1v) is 8.97. The summed E-state index contributed by atoms with van der Waals surface area (Å²) in [6.07, 6.45) is 5.64. The monoisotopic (exact) mass is 373 g/mol. The van der Waals surface area contributed by atoms with Gasteiger partial charge in [-0.05, 0) is 48.1 Å². The maximum atomic E-state index is 12.2. The molecule has 140 valence electrons. The number of hydrogen-bond acceptors (Lipinski definition) is 6. The van der Waals surface area contributed by atoms with E-state index >= 15 is 0 Å². The smallest absolute Gasteiger partial charge is 0.230 e. The van der Waals surface area contributed by atoms with E-state index in [-0.39, 0.29) is 24.3 Å². The number of aliphatic hydroxyl groups excluding tert-OH is 1. The van der Waals surface area contributed by atoms with E-state index in [0.717, 1.165) is 22.1 Å². The Morgan fingerprint density at radius 2 is 2.21 bits per heavy atom. The molecule has 2 atom stereocenters. The molecule has 28 heavy (non-hydrogen) atoms. The summed E-state index contributed by atoms with van der Waals surface area (Å²) in [5.74, 6) is -0.255. The number of amides is 1. The van der Waals surface area contributed by atoms with E-state index in [1.807, 2.05) is 19.1 Å². The van der Waals surface area contributed by atoms with Gasteiger partial charge in [0.25, 0.3) is 0 Å². The third kappa shape index (κ3) is 3.04. The van der Waals surface area contributed by atoms with Crippen molar-refractivity contribution in [3.8, 4) is 17.2 Å². The van der Waals surface area contributed by atoms with Crippen molar-refractivity contribution in [3.63, 3.8) is 0 Å². The fourth-order valence-electron chi connectivity index (χ4n) is 3.44. The van der Waals surface area contributed by atoms with Crippen LogP contribution in [-0.4, -0.2) is 21.0 Å². The number of nitrogen functional groups attached to an aromatic ring is 1. The Balaban J connectivity index is 1.77. The number of hydrogen-bond donors (Lipinski definition) is 3. The van der Waals surface area contributed by atoms with Crippen molar-refractivity contribution in [3.05, 3.63) is 47.9 Å². The van der Waals surface area contributed by atoms with Crippen LogP contribution in [0.25, 0.3) is 21.9 Å². The van der Waals surface area contributed by atoms with Crippen LogP contribution in [0.2, 0.25) is 0 Å². The van der Waals surface area contributed by atoms with Gasteiger partial charge in [-0.3, -0.25) is 9.78 Å². The molecule has 0 spiro atoms. The van der Waals surface area contributed by atoms with E-state index in [0.29, 0.717) is 28.9 Å². The second kappa shape index (κ2) is 6.91. The molecule has 4 N–H and O–H groups in total. The maximum Gasteiger partial charge on any atom is 0.230 e. The van der Waals surface area contributed by atoms with Gasteiger partial charge in [0.15, 0.2) is 0 Å². The normalized spacial score (nSPS) is 17.9. The van der Waals surface area contributed by atoms with Crippen LogP contribution in [0.15, 0.2) is 36.8 Å². The number of aryl methyl sites for hydroxylation is 1. The molecule has 0 bridgehead atoms. The van der Waals surface area contributed by atoms with Crippen molar-refractivity contribution in [2.45, 2.75) is 20.0 Å². The van der Waals surface area contributed by atoms with Gasteiger partial charge >= 0.3 is 0 Å². The standard InChI is InChI=1S/C21H19N5O2/c1-11-2-3-24-8-16(11)15-4-12-6-19(26-21(28)14-5-13(14)7-22)25-9-17(12)20(23)18(15)10-27/h2-4,6,8-9,13-14,27H,5,10,23H2,1H3,(H,25,26,28)/t13?,14-/m1/s1. The number of aliphatic hydroxyl groups is 1. The molecule has 0 aliphatic heterocycles. The third-order valence-electron chi connectivity index (χ3n) is 5.21. The van der Waals surface area contributed by atoms with Gasteiger partial charge in [-0.1, -0.05) is 0 Å². The minimum absolute atomic E-state index is 0.193. The number of pyridine rings is 2. The van der Waals surface area contributed by atoms with Crippen molar-refractivity contribution >= 4 is 28.2 Å². The lowest BCUT2D eigenvalue weighted by molar-refractivity contribution is -0.117. The number of nitrogens with zero attached hydrogens (tertiary/aromatic N) is 3. The van der Waals surface area contributed by atoms with Crippen molar-refractivity contribution in [1.29, 1.82) is 5.26 Å². The highest BCUT2D eigenvalue weighted by Gasteiger charge is 2.43. The van der Waals surface area contributed by atoms with Gasteiger partial charge in [0, 0.05) is 40.8 Å². The van der Waals surface area contributed by atoms with E-state index in [4.69, 9.17) is 11.0 Å². The molecule has 2 aromatic heterocycles. The summed E-state index contributed by atoms with van der Waals surface area (Å²) in [6, 6.07) is 7.69. The number of aromatic nitrogens is 2. The summed E-state index contributed by atoms with van der Waals surface area (Å²) in [7, 11) is 0. The molecule has 7 nitrogen and oxygen atoms in total. The summed E-state index contributed by atoms with van der Waals surface area (Å²) < 4.78 is 0. The molecule has 1 aliphatic carbocycles. The molecule has 1 saturated carbocycles. The van der Waals surface area contributed by atoms with Crippen LogP contribution in [0.3, 0.4) is 0 Å². The molecule has 1 unspecified atom stereocenters. The largest absolute Gasteiger partial charge is 0.398 e. The molecule has 1 aliphatic rings. The average Bonchev–Trinajstić information content (AvgIpc) is 3.48. The summed E-state index contributed by atoms with van der Waals surface area (Å²) in [5.41, 5.74) is 10.1. The summed E-state index contributed by atoms with van der Waals surface area (Å²) in [5, 5.41) is 23.1. The SMILES string of the molecule is Cc1ccncc1-c1cc2cc(NC(=O)[C@@H]3CC3C#N)ncc2c(N)c1CO. The Labute approximate surface area is 161 Å². The Kier molecular flexibility index (Phi) is 4.41. The van der Waals surface area contributed by atoms with E-state index in [2.05, 4.69) is 21.4 Å². The number of benzene rings is 1. The summed E-state index contributed by atoms with van der Waals surface area (Å²) >= 11 is 0. The van der Waals surface area contributed by atoms with Crippen LogP contribution in [-0.2, 0) is 11.4 Å². The maximum absolute atomic E-state index is 12.2. The molecule has 0 saturated heterocycles. The predicted octanol–water partition coefficient (Wildman–Crippen LogP) is 2.78. The third-order valence-corrected chi connectivity index (χ3v) is 5.21. The average molecular weight is 373 g/mol. The van der Waals surface area contributed by atoms with E-state index in [1.165, 1.54) is 0 Å². The number of nitriles is 1. The number of anilines is 2. The lowest BCUT2D eigenvalue weighted by Gasteiger charge is -2.16. The molecule has 1 fully saturated rings. The fourth-order valence-corrected chi connectivity index (χ4v) is 3.44. The zero-order valence-electron chi connectivity index (χ0n) is 15.3. The highest BCUT2D eigenvalue weighted by Crippen LogP contribution is 2.39. The lowest BCUT2D eigenvalue weighted by atomic mass is 9.93. The zero-order valence-corrected chi connectivity index (χ0v) is 15.3. The number of rotatable bonds is 4. The van der Waals surface area contributed by atoms with Gasteiger partial charge in [0.05, 0.1) is 24.5 Å². The minimum Gasteiger partial charge on any atom is -0.398 e. The predicted molar refractivity (Wildman–Crippen MR) is 106 cm³/mol. The van der Waals surface area contributed by atoms with Gasteiger partial charge in [-0.2, -0.15) is 5.26 Å². The number of nitrogens with two attached hydrogens (primary N) is 1.